The van der Waals surface area contributed by atoms with Crippen LogP contribution in [0.25, 0.3) is 5.82 Å². The van der Waals surface area contributed by atoms with Crippen molar-refractivity contribution < 1.29 is 13.2 Å². The smallest absolute Gasteiger partial charge is 0.389 e. The van der Waals surface area contributed by atoms with E-state index >= 15 is 0 Å². The molecule has 2 heterocycles. The first kappa shape index (κ1) is 13.5. The van der Waals surface area contributed by atoms with Crippen LogP contribution in [-0.4, -0.2) is 19.8 Å². The van der Waals surface area contributed by atoms with Gasteiger partial charge < -0.3 is 5.73 Å². The highest BCUT2D eigenvalue weighted by Gasteiger charge is 2.33. The van der Waals surface area contributed by atoms with E-state index in [0.717, 1.165) is 10.7 Å². The fourth-order valence-corrected chi connectivity index (χ4v) is 1.66. The lowest BCUT2D eigenvalue weighted by Gasteiger charge is -2.08. The maximum atomic E-state index is 12.5. The van der Waals surface area contributed by atoms with Gasteiger partial charge in [-0.25, -0.2) is 9.67 Å². The molecule has 0 aliphatic carbocycles. The van der Waals surface area contributed by atoms with E-state index in [-0.39, 0.29) is 10.8 Å². The van der Waals surface area contributed by atoms with Crippen LogP contribution in [0.15, 0.2) is 24.4 Å². The van der Waals surface area contributed by atoms with Gasteiger partial charge in [0, 0.05) is 11.9 Å². The molecule has 0 bridgehead atoms. The molecule has 0 spiro atoms. The lowest BCUT2D eigenvalue weighted by atomic mass is 10.2. The molecule has 19 heavy (non-hydrogen) atoms. The van der Waals surface area contributed by atoms with E-state index in [1.807, 2.05) is 0 Å². The predicted octanol–water partition coefficient (Wildman–Crippen LogP) is 2.23. The molecule has 8 heteroatoms. The van der Waals surface area contributed by atoms with E-state index in [4.69, 9.17) is 18.0 Å². The van der Waals surface area contributed by atoms with Gasteiger partial charge in [-0.05, 0) is 25.1 Å². The predicted molar refractivity (Wildman–Crippen MR) is 67.0 cm³/mol. The molecule has 0 amide bonds. The van der Waals surface area contributed by atoms with Crippen molar-refractivity contribution in [3.63, 3.8) is 0 Å². The monoisotopic (exact) mass is 286 g/mol. The molecule has 0 aliphatic heterocycles. The van der Waals surface area contributed by atoms with Gasteiger partial charge in [0.05, 0.1) is 5.56 Å². The number of hydrogen-bond acceptors (Lipinski definition) is 3. The van der Waals surface area contributed by atoms with E-state index in [0.29, 0.717) is 11.3 Å². The van der Waals surface area contributed by atoms with E-state index in [9.17, 15) is 13.2 Å². The number of rotatable bonds is 2. The summed E-state index contributed by atoms with van der Waals surface area (Å²) >= 11 is 4.85. The number of nitrogens with two attached hydrogens (primary N) is 1. The van der Waals surface area contributed by atoms with Gasteiger partial charge in [-0.3, -0.25) is 0 Å². The Balaban J connectivity index is 2.55. The summed E-state index contributed by atoms with van der Waals surface area (Å²) in [6.45, 7) is 1.71. The minimum Gasteiger partial charge on any atom is -0.389 e. The molecular formula is C11H9F3N4S. The van der Waals surface area contributed by atoms with E-state index in [2.05, 4.69) is 10.1 Å². The summed E-state index contributed by atoms with van der Waals surface area (Å²) in [7, 11) is 0. The Morgan fingerprint density at radius 1 is 1.32 bits per heavy atom. The summed E-state index contributed by atoms with van der Waals surface area (Å²) in [5.41, 5.74) is 5.52. The highest BCUT2D eigenvalue weighted by molar-refractivity contribution is 7.80. The van der Waals surface area contributed by atoms with Crippen LogP contribution in [0.3, 0.4) is 0 Å². The van der Waals surface area contributed by atoms with Crippen molar-refractivity contribution in [2.45, 2.75) is 13.1 Å². The van der Waals surface area contributed by atoms with Crippen LogP contribution in [0, 0.1) is 6.92 Å². The molecular weight excluding hydrogens is 277 g/mol. The number of pyridine rings is 1. The molecule has 2 N–H and O–H groups in total. The Labute approximate surface area is 112 Å². The van der Waals surface area contributed by atoms with Crippen molar-refractivity contribution >= 4 is 17.2 Å². The molecule has 0 atom stereocenters. The summed E-state index contributed by atoms with van der Waals surface area (Å²) < 4.78 is 38.5. The fourth-order valence-electron chi connectivity index (χ4n) is 1.50. The van der Waals surface area contributed by atoms with Gasteiger partial charge in [-0.2, -0.15) is 18.3 Å². The van der Waals surface area contributed by atoms with Crippen LogP contribution >= 0.6 is 12.2 Å². The molecule has 2 rings (SSSR count). The fraction of sp³-hybridized carbons (Fsp3) is 0.182. The average Bonchev–Trinajstić information content (AvgIpc) is 2.77. The highest BCUT2D eigenvalue weighted by Crippen LogP contribution is 2.28. The maximum Gasteiger partial charge on any atom is 0.435 e. The first-order chi connectivity index (χ1) is 8.79. The first-order valence-electron chi connectivity index (χ1n) is 5.20. The summed E-state index contributed by atoms with van der Waals surface area (Å²) in [6, 6.07) is 4.15. The molecule has 0 unspecified atom stereocenters. The Morgan fingerprint density at radius 2 is 2.00 bits per heavy atom. The van der Waals surface area contributed by atoms with Crippen LogP contribution in [0.2, 0.25) is 0 Å². The normalized spacial score (nSPS) is 11.6. The number of nitrogens with zero attached hydrogens (tertiary/aromatic N) is 3. The number of thiocarbonyl (C=S) groups is 1. The van der Waals surface area contributed by atoms with Gasteiger partial charge >= 0.3 is 6.18 Å². The van der Waals surface area contributed by atoms with Crippen LogP contribution in [0.5, 0.6) is 0 Å². The second-order valence-electron chi connectivity index (χ2n) is 3.83. The second-order valence-corrected chi connectivity index (χ2v) is 4.27. The maximum absolute atomic E-state index is 12.5. The van der Waals surface area contributed by atoms with Crippen LogP contribution in [-0.2, 0) is 6.18 Å². The van der Waals surface area contributed by atoms with Gasteiger partial charge in [-0.1, -0.05) is 12.2 Å². The van der Waals surface area contributed by atoms with Crippen LogP contribution in [0.4, 0.5) is 13.2 Å². The third-order valence-corrected chi connectivity index (χ3v) is 2.60. The van der Waals surface area contributed by atoms with Gasteiger partial charge in [0.25, 0.3) is 0 Å². The van der Waals surface area contributed by atoms with E-state index < -0.39 is 11.9 Å². The minimum atomic E-state index is -4.50. The zero-order chi connectivity index (χ0) is 14.2. The Hall–Kier alpha value is -1.96. The molecule has 4 nitrogen and oxygen atoms in total. The molecule has 0 radical (unpaired) electrons. The summed E-state index contributed by atoms with van der Waals surface area (Å²) in [5.74, 6) is 0.183. The molecule has 100 valence electrons. The highest BCUT2D eigenvalue weighted by atomic mass is 32.1. The number of hydrogen-bond donors (Lipinski definition) is 1. The second kappa shape index (κ2) is 4.61. The Morgan fingerprint density at radius 3 is 2.53 bits per heavy atom. The standard InChI is InChI=1S/C11H9F3N4S/c1-6-2-3-7(9(15)19)10(16-6)18-5-4-8(17-18)11(12,13)14/h2-5H,1H3,(H2,15,19). The SMILES string of the molecule is Cc1ccc(C(N)=S)c(-n2ccc(C(F)(F)F)n2)n1. The Bertz CT molecular complexity index is 633. The summed E-state index contributed by atoms with van der Waals surface area (Å²) in [6.07, 6.45) is -3.33. The Kier molecular flexibility index (Phi) is 3.27. The van der Waals surface area contributed by atoms with Crippen LogP contribution in [0.1, 0.15) is 17.0 Å². The van der Waals surface area contributed by atoms with Gasteiger partial charge in [0.2, 0.25) is 0 Å². The molecule has 2 aromatic rings. The minimum absolute atomic E-state index is 0.0477. The molecule has 0 saturated carbocycles. The van der Waals surface area contributed by atoms with Crippen molar-refractivity contribution in [1.82, 2.24) is 14.8 Å². The van der Waals surface area contributed by atoms with Crippen molar-refractivity contribution in [3.05, 3.63) is 41.3 Å². The lowest BCUT2D eigenvalue weighted by Crippen LogP contribution is -2.16. The third-order valence-electron chi connectivity index (χ3n) is 2.38. The summed E-state index contributed by atoms with van der Waals surface area (Å²) in [4.78, 5) is 4.17. The van der Waals surface area contributed by atoms with Gasteiger partial charge in [0.15, 0.2) is 11.5 Å². The molecule has 0 aromatic carbocycles. The molecule has 0 aliphatic rings. The van der Waals surface area contributed by atoms with Gasteiger partial charge in [0.1, 0.15) is 4.99 Å². The largest absolute Gasteiger partial charge is 0.435 e. The lowest BCUT2D eigenvalue weighted by molar-refractivity contribution is -0.141. The van der Waals surface area contributed by atoms with Crippen molar-refractivity contribution in [3.8, 4) is 5.82 Å². The van der Waals surface area contributed by atoms with E-state index in [1.165, 1.54) is 6.20 Å². The number of aryl methyl sites for hydroxylation is 1. The topological polar surface area (TPSA) is 56.7 Å². The molecule has 2 aromatic heterocycles. The van der Waals surface area contributed by atoms with Crippen molar-refractivity contribution in [2.75, 3.05) is 0 Å². The number of aromatic nitrogens is 3. The first-order valence-corrected chi connectivity index (χ1v) is 5.60. The molecule has 0 fully saturated rings. The quantitative estimate of drug-likeness (QED) is 0.860. The summed E-state index contributed by atoms with van der Waals surface area (Å²) in [5, 5.41) is 3.45. The van der Waals surface area contributed by atoms with Crippen molar-refractivity contribution in [1.29, 1.82) is 0 Å². The zero-order valence-corrected chi connectivity index (χ0v) is 10.6. The van der Waals surface area contributed by atoms with E-state index in [1.54, 1.807) is 19.1 Å². The van der Waals surface area contributed by atoms with Crippen LogP contribution < -0.4 is 5.73 Å². The molecule has 0 saturated heterocycles. The average molecular weight is 286 g/mol. The zero-order valence-electron chi connectivity index (χ0n) is 9.77. The number of alkyl halides is 3. The van der Waals surface area contributed by atoms with Crippen molar-refractivity contribution in [2.24, 2.45) is 5.73 Å². The number of halogens is 3. The third kappa shape index (κ3) is 2.73. The van der Waals surface area contributed by atoms with Gasteiger partial charge in [-0.15, -0.1) is 0 Å².